The van der Waals surface area contributed by atoms with Crippen molar-refractivity contribution >= 4 is 11.4 Å². The first kappa shape index (κ1) is 11.4. The number of Topliss-reactive ketones (excluding diaryl/α,β-unsaturated/α-hetero) is 1. The molecule has 1 aromatic carbocycles. The van der Waals surface area contributed by atoms with Crippen LogP contribution in [0.25, 0.3) is 5.57 Å². The largest absolute Gasteiger partial charge is 0.294 e. The van der Waals surface area contributed by atoms with Crippen molar-refractivity contribution in [3.05, 3.63) is 54.6 Å². The Balaban J connectivity index is 2.97. The van der Waals surface area contributed by atoms with Gasteiger partial charge < -0.3 is 0 Å². The van der Waals surface area contributed by atoms with E-state index in [1.54, 1.807) is 6.92 Å². The predicted octanol–water partition coefficient (Wildman–Crippen LogP) is 3.87. The SMILES string of the molecule is C=CCCC(=C)c1ccccc1C(C)=O. The van der Waals surface area contributed by atoms with Crippen LogP contribution in [0.15, 0.2) is 43.5 Å². The maximum absolute atomic E-state index is 11.4. The van der Waals surface area contributed by atoms with E-state index < -0.39 is 0 Å². The third kappa shape index (κ3) is 2.91. The normalized spacial score (nSPS) is 9.67. The fraction of sp³-hybridized carbons (Fsp3) is 0.214. The van der Waals surface area contributed by atoms with Crippen LogP contribution in [-0.2, 0) is 0 Å². The highest BCUT2D eigenvalue weighted by Gasteiger charge is 2.07. The second-order valence-electron chi connectivity index (χ2n) is 3.53. The van der Waals surface area contributed by atoms with Gasteiger partial charge in [-0.15, -0.1) is 6.58 Å². The number of carbonyl (C=O) groups is 1. The molecule has 15 heavy (non-hydrogen) atoms. The molecule has 0 saturated carbocycles. The monoisotopic (exact) mass is 200 g/mol. The number of allylic oxidation sites excluding steroid dienone is 2. The lowest BCUT2D eigenvalue weighted by Gasteiger charge is -2.08. The molecule has 1 nitrogen and oxygen atoms in total. The summed E-state index contributed by atoms with van der Waals surface area (Å²) in [4.78, 5) is 11.4. The molecular weight excluding hydrogens is 184 g/mol. The minimum atomic E-state index is 0.0883. The summed E-state index contributed by atoms with van der Waals surface area (Å²) in [5.41, 5.74) is 2.72. The van der Waals surface area contributed by atoms with E-state index in [4.69, 9.17) is 0 Å². The van der Waals surface area contributed by atoms with Gasteiger partial charge in [-0.2, -0.15) is 0 Å². The number of benzene rings is 1. The highest BCUT2D eigenvalue weighted by Crippen LogP contribution is 2.22. The zero-order chi connectivity index (χ0) is 11.3. The maximum Gasteiger partial charge on any atom is 0.160 e. The Kier molecular flexibility index (Phi) is 4.04. The molecule has 0 N–H and O–H groups in total. The first-order valence-corrected chi connectivity index (χ1v) is 5.06. The number of hydrogen-bond donors (Lipinski definition) is 0. The summed E-state index contributed by atoms with van der Waals surface area (Å²) >= 11 is 0. The number of hydrogen-bond acceptors (Lipinski definition) is 1. The first-order chi connectivity index (χ1) is 7.16. The summed E-state index contributed by atoms with van der Waals surface area (Å²) in [6, 6.07) is 7.60. The molecule has 0 heterocycles. The number of rotatable bonds is 5. The summed E-state index contributed by atoms with van der Waals surface area (Å²) in [5.74, 6) is 0.0883. The van der Waals surface area contributed by atoms with Gasteiger partial charge in [0.05, 0.1) is 0 Å². The molecule has 0 atom stereocenters. The maximum atomic E-state index is 11.4. The molecule has 0 bridgehead atoms. The van der Waals surface area contributed by atoms with Crippen LogP contribution < -0.4 is 0 Å². The predicted molar refractivity (Wildman–Crippen MR) is 64.9 cm³/mol. The lowest BCUT2D eigenvalue weighted by atomic mass is 9.96. The molecule has 0 aliphatic heterocycles. The van der Waals surface area contributed by atoms with Crippen molar-refractivity contribution in [1.82, 2.24) is 0 Å². The molecular formula is C14H16O. The van der Waals surface area contributed by atoms with Gasteiger partial charge in [-0.05, 0) is 30.9 Å². The third-order valence-electron chi connectivity index (χ3n) is 2.34. The Morgan fingerprint density at radius 1 is 1.33 bits per heavy atom. The van der Waals surface area contributed by atoms with Crippen molar-refractivity contribution in [1.29, 1.82) is 0 Å². The Bertz CT molecular complexity index is 388. The summed E-state index contributed by atoms with van der Waals surface area (Å²) in [6.45, 7) is 9.26. The Morgan fingerprint density at radius 2 is 1.93 bits per heavy atom. The standard InChI is InChI=1S/C14H16O/c1-4-5-8-11(2)13-9-6-7-10-14(13)12(3)15/h4,6-7,9-10H,1-2,5,8H2,3H3. The summed E-state index contributed by atoms with van der Waals surface area (Å²) in [7, 11) is 0. The molecule has 0 saturated heterocycles. The quantitative estimate of drug-likeness (QED) is 0.521. The van der Waals surface area contributed by atoms with Gasteiger partial charge in [0, 0.05) is 5.56 Å². The van der Waals surface area contributed by atoms with Crippen LogP contribution in [-0.4, -0.2) is 5.78 Å². The second kappa shape index (κ2) is 5.30. The van der Waals surface area contributed by atoms with Gasteiger partial charge in [0.25, 0.3) is 0 Å². The van der Waals surface area contributed by atoms with Crippen LogP contribution in [0.5, 0.6) is 0 Å². The van der Waals surface area contributed by atoms with Gasteiger partial charge >= 0.3 is 0 Å². The molecule has 0 radical (unpaired) electrons. The van der Waals surface area contributed by atoms with Crippen molar-refractivity contribution in [2.75, 3.05) is 0 Å². The molecule has 0 aromatic heterocycles. The van der Waals surface area contributed by atoms with Crippen molar-refractivity contribution < 1.29 is 4.79 Å². The molecule has 0 unspecified atom stereocenters. The van der Waals surface area contributed by atoms with E-state index in [2.05, 4.69) is 13.2 Å². The zero-order valence-corrected chi connectivity index (χ0v) is 9.12. The molecule has 0 aliphatic carbocycles. The zero-order valence-electron chi connectivity index (χ0n) is 9.12. The van der Waals surface area contributed by atoms with Gasteiger partial charge in [0.15, 0.2) is 5.78 Å². The Hall–Kier alpha value is -1.63. The lowest BCUT2D eigenvalue weighted by molar-refractivity contribution is 0.101. The average molecular weight is 200 g/mol. The Labute approximate surface area is 91.1 Å². The van der Waals surface area contributed by atoms with E-state index >= 15 is 0 Å². The van der Waals surface area contributed by atoms with Crippen LogP contribution in [0.3, 0.4) is 0 Å². The molecule has 78 valence electrons. The van der Waals surface area contributed by atoms with E-state index in [1.807, 2.05) is 30.3 Å². The lowest BCUT2D eigenvalue weighted by Crippen LogP contribution is -1.98. The second-order valence-corrected chi connectivity index (χ2v) is 3.53. The Morgan fingerprint density at radius 3 is 2.47 bits per heavy atom. The fourth-order valence-electron chi connectivity index (χ4n) is 1.51. The van der Waals surface area contributed by atoms with Crippen LogP contribution in [0.2, 0.25) is 0 Å². The topological polar surface area (TPSA) is 17.1 Å². The summed E-state index contributed by atoms with van der Waals surface area (Å²) in [6.07, 6.45) is 3.61. The van der Waals surface area contributed by atoms with Crippen molar-refractivity contribution in [2.24, 2.45) is 0 Å². The van der Waals surface area contributed by atoms with Gasteiger partial charge in [-0.25, -0.2) is 0 Å². The minimum absolute atomic E-state index is 0.0883. The van der Waals surface area contributed by atoms with Crippen LogP contribution in [0.4, 0.5) is 0 Å². The van der Waals surface area contributed by atoms with Gasteiger partial charge in [-0.1, -0.05) is 36.9 Å². The van der Waals surface area contributed by atoms with E-state index in [0.717, 1.165) is 29.5 Å². The smallest absolute Gasteiger partial charge is 0.160 e. The van der Waals surface area contributed by atoms with E-state index in [-0.39, 0.29) is 5.78 Å². The minimum Gasteiger partial charge on any atom is -0.294 e. The molecule has 1 aromatic rings. The van der Waals surface area contributed by atoms with Gasteiger partial charge in [-0.3, -0.25) is 4.79 Å². The van der Waals surface area contributed by atoms with Crippen LogP contribution in [0.1, 0.15) is 35.7 Å². The van der Waals surface area contributed by atoms with Gasteiger partial charge in [0.1, 0.15) is 0 Å². The summed E-state index contributed by atoms with van der Waals surface area (Å²) < 4.78 is 0. The van der Waals surface area contributed by atoms with Crippen LogP contribution in [0, 0.1) is 0 Å². The van der Waals surface area contributed by atoms with Crippen molar-refractivity contribution in [2.45, 2.75) is 19.8 Å². The molecule has 0 aliphatic rings. The number of ketones is 1. The molecule has 1 rings (SSSR count). The fourth-order valence-corrected chi connectivity index (χ4v) is 1.51. The summed E-state index contributed by atoms with van der Waals surface area (Å²) in [5, 5.41) is 0. The van der Waals surface area contributed by atoms with Crippen molar-refractivity contribution in [3.63, 3.8) is 0 Å². The van der Waals surface area contributed by atoms with E-state index in [0.29, 0.717) is 0 Å². The molecule has 0 fully saturated rings. The third-order valence-corrected chi connectivity index (χ3v) is 2.34. The number of carbonyl (C=O) groups excluding carboxylic acids is 1. The van der Waals surface area contributed by atoms with E-state index in [9.17, 15) is 4.79 Å². The molecule has 1 heteroatoms. The molecule has 0 amide bonds. The van der Waals surface area contributed by atoms with Crippen LogP contribution >= 0.6 is 0 Å². The molecule has 0 spiro atoms. The average Bonchev–Trinajstić information content (AvgIpc) is 2.25. The first-order valence-electron chi connectivity index (χ1n) is 5.06. The highest BCUT2D eigenvalue weighted by atomic mass is 16.1. The highest BCUT2D eigenvalue weighted by molar-refractivity contribution is 5.98. The van der Waals surface area contributed by atoms with E-state index in [1.165, 1.54) is 0 Å². The van der Waals surface area contributed by atoms with Gasteiger partial charge in [0.2, 0.25) is 0 Å². The van der Waals surface area contributed by atoms with Crippen molar-refractivity contribution in [3.8, 4) is 0 Å².